The van der Waals surface area contributed by atoms with Crippen molar-refractivity contribution >= 4 is 22.0 Å². The van der Waals surface area contributed by atoms with Crippen LogP contribution >= 0.6 is 15.9 Å². The number of carbonyl (C=O) groups excluding carboxylic acids is 1. The number of rotatable bonds is 7. The Morgan fingerprint density at radius 3 is 2.15 bits per heavy atom. The number of amides is 1. The molecular formula is C15H30BrNO3. The van der Waals surface area contributed by atoms with Crippen molar-refractivity contribution in [3.05, 3.63) is 0 Å². The average molecular weight is 352 g/mol. The van der Waals surface area contributed by atoms with Crippen LogP contribution in [-0.4, -0.2) is 47.2 Å². The number of halogens is 1. The molecule has 0 N–H and O–H groups in total. The fourth-order valence-electron chi connectivity index (χ4n) is 1.53. The van der Waals surface area contributed by atoms with Crippen LogP contribution in [0.4, 0.5) is 4.79 Å². The summed E-state index contributed by atoms with van der Waals surface area (Å²) in [5, 5.41) is 0.673. The van der Waals surface area contributed by atoms with E-state index in [1.165, 1.54) is 0 Å². The van der Waals surface area contributed by atoms with Crippen molar-refractivity contribution in [3.8, 4) is 0 Å². The van der Waals surface area contributed by atoms with Crippen molar-refractivity contribution in [2.75, 3.05) is 25.0 Å². The molecule has 1 unspecified atom stereocenters. The fraction of sp³-hybridized carbons (Fsp3) is 0.933. The molecule has 0 heterocycles. The molecule has 4 nitrogen and oxygen atoms in total. The molecule has 0 aliphatic rings. The van der Waals surface area contributed by atoms with Crippen molar-refractivity contribution in [2.24, 2.45) is 5.92 Å². The number of nitrogens with zero attached hydrogens (tertiary/aromatic N) is 1. The first-order valence-electron chi connectivity index (χ1n) is 7.21. The molecule has 0 aromatic heterocycles. The lowest BCUT2D eigenvalue weighted by Gasteiger charge is -2.35. The molecule has 0 aliphatic carbocycles. The van der Waals surface area contributed by atoms with Gasteiger partial charge in [-0.2, -0.15) is 0 Å². The minimum absolute atomic E-state index is 0.291. The smallest absolute Gasteiger partial charge is 0.410 e. The maximum absolute atomic E-state index is 12.2. The molecular weight excluding hydrogens is 322 g/mol. The quantitative estimate of drug-likeness (QED) is 0.649. The van der Waals surface area contributed by atoms with Crippen molar-refractivity contribution in [3.63, 3.8) is 0 Å². The van der Waals surface area contributed by atoms with Crippen molar-refractivity contribution in [1.82, 2.24) is 4.90 Å². The van der Waals surface area contributed by atoms with Gasteiger partial charge in [0.1, 0.15) is 5.60 Å². The third-order valence-corrected chi connectivity index (χ3v) is 3.79. The van der Waals surface area contributed by atoms with Gasteiger partial charge >= 0.3 is 6.09 Å². The lowest BCUT2D eigenvalue weighted by atomic mass is 10.1. The van der Waals surface area contributed by atoms with E-state index in [4.69, 9.17) is 9.47 Å². The first kappa shape index (κ1) is 19.7. The molecule has 1 atom stereocenters. The van der Waals surface area contributed by atoms with Crippen LogP contribution in [0.2, 0.25) is 0 Å². The summed E-state index contributed by atoms with van der Waals surface area (Å²) in [6.45, 7) is 15.6. The van der Waals surface area contributed by atoms with Gasteiger partial charge in [-0.25, -0.2) is 4.79 Å². The largest absolute Gasteiger partial charge is 0.444 e. The molecule has 20 heavy (non-hydrogen) atoms. The molecule has 5 heteroatoms. The van der Waals surface area contributed by atoms with Gasteiger partial charge < -0.3 is 14.4 Å². The lowest BCUT2D eigenvalue weighted by Crippen LogP contribution is -2.48. The Hall–Kier alpha value is -0.290. The van der Waals surface area contributed by atoms with E-state index in [1.807, 2.05) is 34.6 Å². The van der Waals surface area contributed by atoms with Gasteiger partial charge in [0.05, 0.1) is 12.1 Å². The predicted molar refractivity (Wildman–Crippen MR) is 86.5 cm³/mol. The number of alkyl halides is 1. The maximum Gasteiger partial charge on any atom is 0.410 e. The second kappa shape index (κ2) is 8.23. The number of likely N-dealkylation sites (N-methyl/N-ethyl adjacent to an activating group) is 1. The number of ether oxygens (including phenoxy) is 2. The minimum Gasteiger partial charge on any atom is -0.444 e. The van der Waals surface area contributed by atoms with Gasteiger partial charge in [0, 0.05) is 18.5 Å². The van der Waals surface area contributed by atoms with Crippen molar-refractivity contribution in [2.45, 2.75) is 59.7 Å². The molecule has 0 aliphatic heterocycles. The molecule has 1 amide bonds. The zero-order chi connectivity index (χ0) is 16.0. The fourth-order valence-corrected chi connectivity index (χ4v) is 1.87. The van der Waals surface area contributed by atoms with E-state index < -0.39 is 11.2 Å². The third kappa shape index (κ3) is 8.10. The van der Waals surface area contributed by atoms with Crippen LogP contribution in [-0.2, 0) is 9.47 Å². The van der Waals surface area contributed by atoms with Crippen LogP contribution < -0.4 is 0 Å². The van der Waals surface area contributed by atoms with Crippen LogP contribution in [0.3, 0.4) is 0 Å². The Morgan fingerprint density at radius 1 is 1.25 bits per heavy atom. The predicted octanol–water partition coefficient (Wildman–Crippen LogP) is 4.07. The SMILES string of the molecule is CCN(CC(C)(CBr)OCC(C)C)C(=O)OC(C)(C)C. The van der Waals surface area contributed by atoms with E-state index in [0.717, 1.165) is 0 Å². The lowest BCUT2D eigenvalue weighted by molar-refractivity contribution is -0.0510. The highest BCUT2D eigenvalue weighted by Crippen LogP contribution is 2.19. The van der Waals surface area contributed by atoms with E-state index >= 15 is 0 Å². The average Bonchev–Trinajstić information content (AvgIpc) is 2.31. The van der Waals surface area contributed by atoms with Crippen LogP contribution in [0.5, 0.6) is 0 Å². The topological polar surface area (TPSA) is 38.8 Å². The summed E-state index contributed by atoms with van der Waals surface area (Å²) in [6.07, 6.45) is -0.291. The molecule has 0 aromatic carbocycles. The highest BCUT2D eigenvalue weighted by atomic mass is 79.9. The van der Waals surface area contributed by atoms with E-state index in [-0.39, 0.29) is 6.09 Å². The Labute approximate surface area is 132 Å². The Balaban J connectivity index is 4.69. The zero-order valence-corrected chi connectivity index (χ0v) is 15.5. The van der Waals surface area contributed by atoms with E-state index in [9.17, 15) is 4.79 Å². The Bertz CT molecular complexity index is 302. The van der Waals surface area contributed by atoms with E-state index in [2.05, 4.69) is 29.8 Å². The van der Waals surface area contributed by atoms with Crippen LogP contribution in [0.25, 0.3) is 0 Å². The molecule has 0 saturated carbocycles. The summed E-state index contributed by atoms with van der Waals surface area (Å²) in [4.78, 5) is 13.8. The van der Waals surface area contributed by atoms with Crippen LogP contribution in [0, 0.1) is 5.92 Å². The van der Waals surface area contributed by atoms with Crippen LogP contribution in [0.1, 0.15) is 48.5 Å². The highest BCUT2D eigenvalue weighted by Gasteiger charge is 2.31. The Kier molecular flexibility index (Phi) is 8.11. The summed E-state index contributed by atoms with van der Waals surface area (Å²) in [7, 11) is 0. The molecule has 0 spiro atoms. The molecule has 0 bridgehead atoms. The maximum atomic E-state index is 12.2. The van der Waals surface area contributed by atoms with E-state index in [0.29, 0.717) is 30.9 Å². The number of hydrogen-bond acceptors (Lipinski definition) is 3. The van der Waals surface area contributed by atoms with Gasteiger partial charge in [0.15, 0.2) is 0 Å². The standard InChI is InChI=1S/C15H30BrNO3/c1-8-17(13(18)20-14(4,5)6)11-15(7,10-16)19-9-12(2)3/h12H,8-11H2,1-7H3. The molecule has 120 valence electrons. The zero-order valence-electron chi connectivity index (χ0n) is 14.0. The van der Waals surface area contributed by atoms with Crippen molar-refractivity contribution < 1.29 is 14.3 Å². The van der Waals surface area contributed by atoms with Gasteiger partial charge in [-0.3, -0.25) is 0 Å². The van der Waals surface area contributed by atoms with Gasteiger partial charge in [-0.05, 0) is 40.5 Å². The second-order valence-corrected chi connectivity index (χ2v) is 7.34. The molecule has 0 radical (unpaired) electrons. The minimum atomic E-state index is -0.478. The Morgan fingerprint density at radius 2 is 1.80 bits per heavy atom. The van der Waals surface area contributed by atoms with Crippen LogP contribution in [0.15, 0.2) is 0 Å². The first-order valence-corrected chi connectivity index (χ1v) is 8.33. The summed E-state index contributed by atoms with van der Waals surface area (Å²) < 4.78 is 11.4. The summed E-state index contributed by atoms with van der Waals surface area (Å²) >= 11 is 3.49. The van der Waals surface area contributed by atoms with E-state index in [1.54, 1.807) is 4.90 Å². The number of carbonyl (C=O) groups is 1. The second-order valence-electron chi connectivity index (χ2n) is 6.78. The summed E-state index contributed by atoms with van der Waals surface area (Å²) in [5.74, 6) is 0.463. The molecule has 0 saturated heterocycles. The third-order valence-electron chi connectivity index (χ3n) is 2.61. The highest BCUT2D eigenvalue weighted by molar-refractivity contribution is 9.09. The monoisotopic (exact) mass is 351 g/mol. The normalized spacial score (nSPS) is 15.1. The van der Waals surface area contributed by atoms with Crippen molar-refractivity contribution in [1.29, 1.82) is 0 Å². The number of hydrogen-bond donors (Lipinski definition) is 0. The summed E-state index contributed by atoms with van der Waals surface area (Å²) in [5.41, 5.74) is -0.884. The van der Waals surface area contributed by atoms with Gasteiger partial charge in [0.2, 0.25) is 0 Å². The molecule has 0 aromatic rings. The van der Waals surface area contributed by atoms with Gasteiger partial charge in [-0.15, -0.1) is 0 Å². The molecule has 0 rings (SSSR count). The summed E-state index contributed by atoms with van der Waals surface area (Å²) in [6, 6.07) is 0. The first-order chi connectivity index (χ1) is 9.03. The molecule has 0 fully saturated rings. The van der Waals surface area contributed by atoms with Gasteiger partial charge in [-0.1, -0.05) is 29.8 Å². The van der Waals surface area contributed by atoms with Gasteiger partial charge in [0.25, 0.3) is 0 Å².